The Morgan fingerprint density at radius 1 is 1.15 bits per heavy atom. The number of benzene rings is 2. The molecule has 0 atom stereocenters. The number of halogens is 1. The second-order valence-electron chi connectivity index (χ2n) is 5.31. The fourth-order valence-corrected chi connectivity index (χ4v) is 2.48. The molecular weight excluding hydrogens is 358 g/mol. The van der Waals surface area contributed by atoms with Gasteiger partial charge in [0.25, 0.3) is 5.89 Å². The van der Waals surface area contributed by atoms with Crippen molar-refractivity contribution in [2.24, 2.45) is 0 Å². The molecule has 0 saturated carbocycles. The van der Waals surface area contributed by atoms with Crippen molar-refractivity contribution in [3.8, 4) is 23.0 Å². The van der Waals surface area contributed by atoms with E-state index in [4.69, 9.17) is 25.6 Å². The topological polar surface area (TPSA) is 86.5 Å². The zero-order chi connectivity index (χ0) is 18.5. The van der Waals surface area contributed by atoms with Crippen molar-refractivity contribution in [1.82, 2.24) is 10.1 Å². The molecular formula is C18H16ClN3O4. The van der Waals surface area contributed by atoms with E-state index in [1.807, 2.05) is 0 Å². The van der Waals surface area contributed by atoms with Crippen LogP contribution >= 0.6 is 11.6 Å². The number of nitrogens with zero attached hydrogens (tertiary/aromatic N) is 2. The first-order valence-electron chi connectivity index (χ1n) is 7.69. The van der Waals surface area contributed by atoms with Gasteiger partial charge in [0.1, 0.15) is 11.5 Å². The summed E-state index contributed by atoms with van der Waals surface area (Å²) >= 11 is 6.01. The SMILES string of the molecule is COc1ccc(NC(=O)Cc2noc(-c3cc(Cl)ccc3OC)n2)cc1. The van der Waals surface area contributed by atoms with Crippen LogP contribution in [0.3, 0.4) is 0 Å². The molecule has 0 fully saturated rings. The van der Waals surface area contributed by atoms with Gasteiger partial charge in [0, 0.05) is 10.7 Å². The van der Waals surface area contributed by atoms with Gasteiger partial charge in [-0.2, -0.15) is 4.98 Å². The molecule has 3 rings (SSSR count). The highest BCUT2D eigenvalue weighted by molar-refractivity contribution is 6.30. The van der Waals surface area contributed by atoms with Crippen LogP contribution in [0.5, 0.6) is 11.5 Å². The third-order valence-corrected chi connectivity index (χ3v) is 3.79. The first-order valence-corrected chi connectivity index (χ1v) is 8.07. The van der Waals surface area contributed by atoms with Crippen LogP contribution < -0.4 is 14.8 Å². The molecule has 0 aliphatic carbocycles. The van der Waals surface area contributed by atoms with E-state index in [2.05, 4.69) is 15.5 Å². The highest BCUT2D eigenvalue weighted by Crippen LogP contribution is 2.31. The summed E-state index contributed by atoms with van der Waals surface area (Å²) in [5.41, 5.74) is 1.21. The van der Waals surface area contributed by atoms with Crippen LogP contribution in [0.15, 0.2) is 47.0 Å². The number of anilines is 1. The van der Waals surface area contributed by atoms with Gasteiger partial charge in [0.15, 0.2) is 5.82 Å². The lowest BCUT2D eigenvalue weighted by Gasteiger charge is -2.05. The van der Waals surface area contributed by atoms with E-state index >= 15 is 0 Å². The average Bonchev–Trinajstić information content (AvgIpc) is 3.10. The van der Waals surface area contributed by atoms with Crippen LogP contribution in [-0.4, -0.2) is 30.3 Å². The second kappa shape index (κ2) is 7.88. The number of hydrogen-bond donors (Lipinski definition) is 1. The Morgan fingerprint density at radius 3 is 2.62 bits per heavy atom. The highest BCUT2D eigenvalue weighted by Gasteiger charge is 2.16. The van der Waals surface area contributed by atoms with Crippen LogP contribution in [0.4, 0.5) is 5.69 Å². The largest absolute Gasteiger partial charge is 0.497 e. The van der Waals surface area contributed by atoms with Gasteiger partial charge in [-0.1, -0.05) is 16.8 Å². The molecule has 2 aromatic carbocycles. The minimum atomic E-state index is -0.263. The Hall–Kier alpha value is -3.06. The average molecular weight is 374 g/mol. The summed E-state index contributed by atoms with van der Waals surface area (Å²) in [5.74, 6) is 1.48. The monoisotopic (exact) mass is 373 g/mol. The maximum absolute atomic E-state index is 12.1. The minimum absolute atomic E-state index is 0.0294. The first-order chi connectivity index (χ1) is 12.6. The van der Waals surface area contributed by atoms with E-state index in [-0.39, 0.29) is 24.0 Å². The summed E-state index contributed by atoms with van der Waals surface area (Å²) in [5, 5.41) is 7.11. The number of amides is 1. The molecule has 26 heavy (non-hydrogen) atoms. The summed E-state index contributed by atoms with van der Waals surface area (Å²) < 4.78 is 15.6. The molecule has 8 heteroatoms. The van der Waals surface area contributed by atoms with Gasteiger partial charge < -0.3 is 19.3 Å². The molecule has 1 heterocycles. The number of hydrogen-bond acceptors (Lipinski definition) is 6. The van der Waals surface area contributed by atoms with Crippen molar-refractivity contribution in [3.63, 3.8) is 0 Å². The maximum Gasteiger partial charge on any atom is 0.261 e. The summed E-state index contributed by atoms with van der Waals surface area (Å²) in [6.45, 7) is 0. The zero-order valence-electron chi connectivity index (χ0n) is 14.2. The van der Waals surface area contributed by atoms with Crippen molar-refractivity contribution in [1.29, 1.82) is 0 Å². The Morgan fingerprint density at radius 2 is 1.92 bits per heavy atom. The van der Waals surface area contributed by atoms with Gasteiger partial charge >= 0.3 is 0 Å². The lowest BCUT2D eigenvalue weighted by molar-refractivity contribution is -0.115. The van der Waals surface area contributed by atoms with Gasteiger partial charge in [-0.3, -0.25) is 4.79 Å². The number of carbonyl (C=O) groups is 1. The Balaban J connectivity index is 1.70. The Bertz CT molecular complexity index is 909. The molecule has 0 spiro atoms. The van der Waals surface area contributed by atoms with E-state index in [0.29, 0.717) is 27.8 Å². The van der Waals surface area contributed by atoms with E-state index in [0.717, 1.165) is 0 Å². The highest BCUT2D eigenvalue weighted by atomic mass is 35.5. The molecule has 134 valence electrons. The number of nitrogens with one attached hydrogen (secondary N) is 1. The number of rotatable bonds is 6. The molecule has 1 aromatic heterocycles. The van der Waals surface area contributed by atoms with Gasteiger partial charge in [-0.05, 0) is 42.5 Å². The lowest BCUT2D eigenvalue weighted by atomic mass is 10.2. The van der Waals surface area contributed by atoms with Crippen molar-refractivity contribution >= 4 is 23.2 Å². The molecule has 7 nitrogen and oxygen atoms in total. The van der Waals surface area contributed by atoms with Crippen LogP contribution in [0, 0.1) is 0 Å². The number of aromatic nitrogens is 2. The quantitative estimate of drug-likeness (QED) is 0.710. The number of ether oxygens (including phenoxy) is 2. The standard InChI is InChI=1S/C18H16ClN3O4/c1-24-13-6-4-12(5-7-13)20-17(23)10-16-21-18(26-22-16)14-9-11(19)3-8-15(14)25-2/h3-9H,10H2,1-2H3,(H,20,23). The number of carbonyl (C=O) groups excluding carboxylic acids is 1. The molecule has 3 aromatic rings. The zero-order valence-corrected chi connectivity index (χ0v) is 14.9. The molecule has 0 aliphatic heterocycles. The molecule has 0 aliphatic rings. The third kappa shape index (κ3) is 4.12. The van der Waals surface area contributed by atoms with Gasteiger partial charge in [-0.25, -0.2) is 0 Å². The maximum atomic E-state index is 12.1. The van der Waals surface area contributed by atoms with Crippen LogP contribution in [0.25, 0.3) is 11.5 Å². The predicted molar refractivity (Wildman–Crippen MR) is 96.6 cm³/mol. The summed E-state index contributed by atoms with van der Waals surface area (Å²) in [4.78, 5) is 16.4. The van der Waals surface area contributed by atoms with Crippen molar-refractivity contribution in [2.45, 2.75) is 6.42 Å². The van der Waals surface area contributed by atoms with Gasteiger partial charge in [0.05, 0.1) is 26.2 Å². The molecule has 0 unspecified atom stereocenters. The molecule has 0 radical (unpaired) electrons. The molecule has 0 bridgehead atoms. The van der Waals surface area contributed by atoms with Gasteiger partial charge in [-0.15, -0.1) is 0 Å². The summed E-state index contributed by atoms with van der Waals surface area (Å²) in [6.07, 6.45) is -0.0294. The minimum Gasteiger partial charge on any atom is -0.497 e. The van der Waals surface area contributed by atoms with E-state index in [9.17, 15) is 4.79 Å². The second-order valence-corrected chi connectivity index (χ2v) is 5.75. The van der Waals surface area contributed by atoms with Crippen LogP contribution in [0.2, 0.25) is 5.02 Å². The van der Waals surface area contributed by atoms with Crippen molar-refractivity contribution in [2.75, 3.05) is 19.5 Å². The van der Waals surface area contributed by atoms with Gasteiger partial charge in [0.2, 0.25) is 5.91 Å². The summed E-state index contributed by atoms with van der Waals surface area (Å²) in [7, 11) is 3.11. The van der Waals surface area contributed by atoms with Crippen molar-refractivity contribution in [3.05, 3.63) is 53.3 Å². The van der Waals surface area contributed by atoms with E-state index < -0.39 is 0 Å². The van der Waals surface area contributed by atoms with E-state index in [1.165, 1.54) is 7.11 Å². The van der Waals surface area contributed by atoms with Crippen LogP contribution in [-0.2, 0) is 11.2 Å². The first kappa shape index (κ1) is 17.8. The smallest absolute Gasteiger partial charge is 0.261 e. The summed E-state index contributed by atoms with van der Waals surface area (Å²) in [6, 6.07) is 12.1. The molecule has 1 N–H and O–H groups in total. The van der Waals surface area contributed by atoms with Crippen LogP contribution in [0.1, 0.15) is 5.82 Å². The lowest BCUT2D eigenvalue weighted by Crippen LogP contribution is -2.15. The van der Waals surface area contributed by atoms with E-state index in [1.54, 1.807) is 49.6 Å². The normalized spacial score (nSPS) is 10.4. The van der Waals surface area contributed by atoms with Crippen molar-refractivity contribution < 1.29 is 18.8 Å². The Kier molecular flexibility index (Phi) is 5.38. The fraction of sp³-hybridized carbons (Fsp3) is 0.167. The molecule has 1 amide bonds. The third-order valence-electron chi connectivity index (χ3n) is 3.55. The molecule has 0 saturated heterocycles. The number of methoxy groups -OCH3 is 2. The predicted octanol–water partition coefficient (Wildman–Crippen LogP) is 3.59. The Labute approximate surface area is 154 Å². The fourth-order valence-electron chi connectivity index (χ4n) is 2.31.